The summed E-state index contributed by atoms with van der Waals surface area (Å²) in [4.78, 5) is 0. The second-order valence-electron chi connectivity index (χ2n) is 5.06. The molecule has 1 N–H and O–H groups in total. The summed E-state index contributed by atoms with van der Waals surface area (Å²) < 4.78 is 0. The minimum absolute atomic E-state index is 0.103. The summed E-state index contributed by atoms with van der Waals surface area (Å²) in [6, 6.07) is 0. The minimum Gasteiger partial charge on any atom is -0.512 e. The highest BCUT2D eigenvalue weighted by Crippen LogP contribution is 2.36. The first-order valence-corrected chi connectivity index (χ1v) is 5.11. The zero-order chi connectivity index (χ0) is 10.8. The van der Waals surface area contributed by atoms with Gasteiger partial charge < -0.3 is 5.11 Å². The van der Waals surface area contributed by atoms with Crippen LogP contribution in [-0.4, -0.2) is 5.11 Å². The molecule has 0 fully saturated rings. The zero-order valence-electron chi connectivity index (χ0n) is 10.1. The number of aliphatic hydroxyl groups is 1. The molecule has 0 radical (unpaired) electrons. The molecular weight excluding hydrogens is 160 g/mol. The van der Waals surface area contributed by atoms with Crippen LogP contribution >= 0.6 is 0 Å². The molecule has 0 spiro atoms. The molecule has 0 saturated carbocycles. The Morgan fingerprint density at radius 3 is 1.69 bits per heavy atom. The van der Waals surface area contributed by atoms with E-state index in [1.807, 2.05) is 6.92 Å². The third-order valence-corrected chi connectivity index (χ3v) is 3.29. The number of rotatable bonds is 3. The molecule has 0 aliphatic rings. The molecule has 0 atom stereocenters. The molecule has 0 aromatic rings. The Morgan fingerprint density at radius 1 is 1.08 bits per heavy atom. The van der Waals surface area contributed by atoms with Crippen LogP contribution in [0, 0.1) is 17.3 Å². The normalized spacial score (nSPS) is 15.2. The standard InChI is InChI=1S/C12H24O/c1-8(2)10(5)11(13)12(6,7)9(3)4/h8-9,13H,1-7H3. The lowest BCUT2D eigenvalue weighted by Crippen LogP contribution is -2.23. The molecule has 0 aliphatic carbocycles. The molecule has 0 bridgehead atoms. The maximum atomic E-state index is 10.1. The van der Waals surface area contributed by atoms with Gasteiger partial charge in [-0.2, -0.15) is 0 Å². The fourth-order valence-corrected chi connectivity index (χ4v) is 1.06. The molecule has 0 unspecified atom stereocenters. The van der Waals surface area contributed by atoms with E-state index < -0.39 is 0 Å². The van der Waals surface area contributed by atoms with Crippen molar-refractivity contribution in [2.45, 2.75) is 48.5 Å². The molecule has 1 heteroatoms. The van der Waals surface area contributed by atoms with Gasteiger partial charge in [-0.3, -0.25) is 0 Å². The molecule has 0 rings (SSSR count). The van der Waals surface area contributed by atoms with E-state index >= 15 is 0 Å². The Labute approximate surface area is 82.9 Å². The smallest absolute Gasteiger partial charge is 0.0972 e. The van der Waals surface area contributed by atoms with Crippen LogP contribution < -0.4 is 0 Å². The van der Waals surface area contributed by atoms with E-state index in [0.29, 0.717) is 17.6 Å². The van der Waals surface area contributed by atoms with Crippen molar-refractivity contribution in [3.8, 4) is 0 Å². The van der Waals surface area contributed by atoms with Gasteiger partial charge in [-0.05, 0) is 24.3 Å². The van der Waals surface area contributed by atoms with Crippen LogP contribution in [0.15, 0.2) is 11.3 Å². The SMILES string of the molecule is CC(=C(O)C(C)(C)C(C)C)C(C)C. The van der Waals surface area contributed by atoms with Gasteiger partial charge in [0.05, 0.1) is 5.76 Å². The first-order chi connectivity index (χ1) is 5.71. The fraction of sp³-hybridized carbons (Fsp3) is 0.833. The van der Waals surface area contributed by atoms with Gasteiger partial charge in [-0.1, -0.05) is 41.5 Å². The van der Waals surface area contributed by atoms with Crippen molar-refractivity contribution in [3.05, 3.63) is 11.3 Å². The Bertz CT molecular complexity index is 197. The maximum absolute atomic E-state index is 10.1. The van der Waals surface area contributed by atoms with Crippen LogP contribution in [0.4, 0.5) is 0 Å². The van der Waals surface area contributed by atoms with E-state index in [2.05, 4.69) is 41.5 Å². The molecule has 0 aliphatic heterocycles. The monoisotopic (exact) mass is 184 g/mol. The largest absolute Gasteiger partial charge is 0.512 e. The molecule has 1 nitrogen and oxygen atoms in total. The van der Waals surface area contributed by atoms with Crippen LogP contribution in [-0.2, 0) is 0 Å². The van der Waals surface area contributed by atoms with Crippen molar-refractivity contribution in [1.29, 1.82) is 0 Å². The Balaban J connectivity index is 4.96. The van der Waals surface area contributed by atoms with Crippen molar-refractivity contribution < 1.29 is 5.11 Å². The van der Waals surface area contributed by atoms with Gasteiger partial charge in [0.25, 0.3) is 0 Å². The summed E-state index contributed by atoms with van der Waals surface area (Å²) in [5, 5.41) is 10.1. The molecular formula is C12H24O. The highest BCUT2D eigenvalue weighted by Gasteiger charge is 2.29. The molecule has 0 heterocycles. The van der Waals surface area contributed by atoms with E-state index in [0.717, 1.165) is 5.57 Å². The number of hydrogen-bond donors (Lipinski definition) is 1. The second kappa shape index (κ2) is 4.17. The van der Waals surface area contributed by atoms with Crippen molar-refractivity contribution in [1.82, 2.24) is 0 Å². The highest BCUT2D eigenvalue weighted by atomic mass is 16.3. The van der Waals surface area contributed by atoms with Gasteiger partial charge in [-0.25, -0.2) is 0 Å². The summed E-state index contributed by atoms with van der Waals surface area (Å²) in [5.74, 6) is 1.46. The van der Waals surface area contributed by atoms with Crippen LogP contribution in [0.1, 0.15) is 48.5 Å². The summed E-state index contributed by atoms with van der Waals surface area (Å²) in [7, 11) is 0. The molecule has 0 aromatic carbocycles. The van der Waals surface area contributed by atoms with E-state index in [9.17, 15) is 5.11 Å². The molecule has 0 aromatic heterocycles. The number of hydrogen-bond acceptors (Lipinski definition) is 1. The summed E-state index contributed by atoms with van der Waals surface area (Å²) in [6.45, 7) is 14.7. The van der Waals surface area contributed by atoms with E-state index in [4.69, 9.17) is 0 Å². The third-order valence-electron chi connectivity index (χ3n) is 3.29. The van der Waals surface area contributed by atoms with Gasteiger partial charge in [0.1, 0.15) is 0 Å². The lowest BCUT2D eigenvalue weighted by Gasteiger charge is -2.30. The number of allylic oxidation sites excluding steroid dienone is 2. The van der Waals surface area contributed by atoms with Crippen LogP contribution in [0.5, 0.6) is 0 Å². The highest BCUT2D eigenvalue weighted by molar-refractivity contribution is 5.14. The first kappa shape index (κ1) is 12.5. The van der Waals surface area contributed by atoms with E-state index in [1.54, 1.807) is 0 Å². The summed E-state index contributed by atoms with van der Waals surface area (Å²) in [5.41, 5.74) is 1.01. The van der Waals surface area contributed by atoms with Gasteiger partial charge in [0.2, 0.25) is 0 Å². The first-order valence-electron chi connectivity index (χ1n) is 5.11. The van der Waals surface area contributed by atoms with Gasteiger partial charge in [0, 0.05) is 5.41 Å². The predicted octanol–water partition coefficient (Wildman–Crippen LogP) is 4.16. The van der Waals surface area contributed by atoms with Crippen molar-refractivity contribution >= 4 is 0 Å². The third kappa shape index (κ3) is 2.75. The van der Waals surface area contributed by atoms with Crippen LogP contribution in [0.2, 0.25) is 0 Å². The van der Waals surface area contributed by atoms with Crippen LogP contribution in [0.25, 0.3) is 0 Å². The van der Waals surface area contributed by atoms with Gasteiger partial charge >= 0.3 is 0 Å². The predicted molar refractivity (Wildman–Crippen MR) is 58.8 cm³/mol. The average Bonchev–Trinajstić information content (AvgIpc) is 2.01. The Morgan fingerprint density at radius 2 is 1.46 bits per heavy atom. The number of aliphatic hydroxyl groups excluding tert-OH is 1. The topological polar surface area (TPSA) is 20.2 Å². The van der Waals surface area contributed by atoms with Gasteiger partial charge in [-0.15, -0.1) is 0 Å². The lowest BCUT2D eigenvalue weighted by atomic mass is 9.77. The second-order valence-corrected chi connectivity index (χ2v) is 5.06. The summed E-state index contributed by atoms with van der Waals surface area (Å²) in [6.07, 6.45) is 0. The molecule has 13 heavy (non-hydrogen) atoms. The molecule has 0 amide bonds. The van der Waals surface area contributed by atoms with E-state index in [1.165, 1.54) is 0 Å². The van der Waals surface area contributed by atoms with Crippen molar-refractivity contribution in [2.24, 2.45) is 17.3 Å². The minimum atomic E-state index is -0.103. The molecule has 78 valence electrons. The Kier molecular flexibility index (Phi) is 4.02. The van der Waals surface area contributed by atoms with Crippen LogP contribution in [0.3, 0.4) is 0 Å². The Hall–Kier alpha value is -0.460. The fourth-order valence-electron chi connectivity index (χ4n) is 1.06. The van der Waals surface area contributed by atoms with Crippen molar-refractivity contribution in [2.75, 3.05) is 0 Å². The van der Waals surface area contributed by atoms with E-state index in [-0.39, 0.29) is 5.41 Å². The zero-order valence-corrected chi connectivity index (χ0v) is 10.1. The average molecular weight is 184 g/mol. The lowest BCUT2D eigenvalue weighted by molar-refractivity contribution is 0.189. The van der Waals surface area contributed by atoms with Gasteiger partial charge in [0.15, 0.2) is 0 Å². The summed E-state index contributed by atoms with van der Waals surface area (Å²) >= 11 is 0. The quantitative estimate of drug-likeness (QED) is 0.653. The molecule has 0 saturated heterocycles. The van der Waals surface area contributed by atoms with Crippen molar-refractivity contribution in [3.63, 3.8) is 0 Å². The maximum Gasteiger partial charge on any atom is 0.0972 e.